The lowest BCUT2D eigenvalue weighted by Gasteiger charge is -2.39. The van der Waals surface area contributed by atoms with Crippen molar-refractivity contribution in [2.45, 2.75) is 44.8 Å². The second kappa shape index (κ2) is 7.32. The molecule has 1 aromatic carbocycles. The summed E-state index contributed by atoms with van der Waals surface area (Å²) in [6.45, 7) is 6.13. The van der Waals surface area contributed by atoms with Crippen molar-refractivity contribution in [3.8, 4) is 0 Å². The maximum atomic E-state index is 12.6. The number of rotatable bonds is 1. The van der Waals surface area contributed by atoms with E-state index in [0.29, 0.717) is 12.5 Å². The minimum absolute atomic E-state index is 0.0632. The smallest absolute Gasteiger partial charge is 0.286 e. The first kappa shape index (κ1) is 18.4. The van der Waals surface area contributed by atoms with Crippen molar-refractivity contribution in [2.24, 2.45) is 10.9 Å². The summed E-state index contributed by atoms with van der Waals surface area (Å²) in [5.74, 6) is 0.384. The number of ether oxygens (including phenoxy) is 2. The number of hydrogen-bond acceptors (Lipinski definition) is 5. The third-order valence-corrected chi connectivity index (χ3v) is 7.86. The summed E-state index contributed by atoms with van der Waals surface area (Å²) in [6.07, 6.45) is 3.88. The molecule has 0 radical (unpaired) electrons. The van der Waals surface area contributed by atoms with Crippen molar-refractivity contribution in [2.75, 3.05) is 26.3 Å². The van der Waals surface area contributed by atoms with Gasteiger partial charge in [-0.3, -0.25) is 4.79 Å². The SMILES string of the molecule is CC(=C1SC(N2CCC3(CC2)OCc2ccccc23)=NC1=O)C1CCOCC1. The van der Waals surface area contributed by atoms with Gasteiger partial charge >= 0.3 is 0 Å². The molecule has 5 nitrogen and oxygen atoms in total. The number of carbonyl (C=O) groups is 1. The fraction of sp³-hybridized carbons (Fsp3) is 0.545. The fourth-order valence-electron chi connectivity index (χ4n) is 4.85. The Kier molecular flexibility index (Phi) is 4.81. The van der Waals surface area contributed by atoms with E-state index in [9.17, 15) is 4.79 Å². The number of fused-ring (bicyclic) bond motifs is 2. The van der Waals surface area contributed by atoms with Crippen molar-refractivity contribution in [1.82, 2.24) is 4.90 Å². The van der Waals surface area contributed by atoms with E-state index in [4.69, 9.17) is 9.47 Å². The maximum Gasteiger partial charge on any atom is 0.286 e. The number of likely N-dealkylation sites (tertiary alicyclic amines) is 1. The number of nitrogens with zero attached hydrogens (tertiary/aromatic N) is 2. The van der Waals surface area contributed by atoms with E-state index in [1.807, 2.05) is 0 Å². The Labute approximate surface area is 170 Å². The Hall–Kier alpha value is -1.63. The maximum absolute atomic E-state index is 12.6. The second-order valence-electron chi connectivity index (χ2n) is 8.13. The predicted molar refractivity (Wildman–Crippen MR) is 110 cm³/mol. The van der Waals surface area contributed by atoms with Crippen molar-refractivity contribution >= 4 is 22.8 Å². The molecule has 1 aromatic rings. The molecule has 0 N–H and O–H groups in total. The number of benzene rings is 1. The van der Waals surface area contributed by atoms with Crippen LogP contribution >= 0.6 is 11.8 Å². The number of thioether (sulfide) groups is 1. The Morgan fingerprint density at radius 3 is 2.75 bits per heavy atom. The first-order valence-corrected chi connectivity index (χ1v) is 11.0. The number of hydrogen-bond donors (Lipinski definition) is 0. The number of piperidine rings is 1. The fourth-order valence-corrected chi connectivity index (χ4v) is 5.94. The normalized spacial score (nSPS) is 26.5. The molecule has 0 saturated carbocycles. The van der Waals surface area contributed by atoms with Gasteiger partial charge in [0, 0.05) is 26.3 Å². The minimum Gasteiger partial charge on any atom is -0.381 e. The molecule has 2 saturated heterocycles. The van der Waals surface area contributed by atoms with Gasteiger partial charge in [0.1, 0.15) is 0 Å². The highest BCUT2D eigenvalue weighted by molar-refractivity contribution is 8.18. The van der Waals surface area contributed by atoms with Crippen LogP contribution in [0.25, 0.3) is 0 Å². The molecule has 148 valence electrons. The molecule has 0 unspecified atom stereocenters. The van der Waals surface area contributed by atoms with Gasteiger partial charge in [0.2, 0.25) is 0 Å². The summed E-state index contributed by atoms with van der Waals surface area (Å²) >= 11 is 1.57. The minimum atomic E-state index is -0.155. The van der Waals surface area contributed by atoms with Gasteiger partial charge in [-0.25, -0.2) is 0 Å². The summed E-state index contributed by atoms with van der Waals surface area (Å²) in [4.78, 5) is 20.1. The molecule has 0 bridgehead atoms. The Morgan fingerprint density at radius 1 is 1.21 bits per heavy atom. The Morgan fingerprint density at radius 2 is 1.96 bits per heavy atom. The molecule has 0 atom stereocenters. The van der Waals surface area contributed by atoms with Crippen LogP contribution in [0.5, 0.6) is 0 Å². The predicted octanol–water partition coefficient (Wildman–Crippen LogP) is 3.84. The number of amides is 1. The average molecular weight is 399 g/mol. The van der Waals surface area contributed by atoms with E-state index in [1.54, 1.807) is 11.8 Å². The van der Waals surface area contributed by atoms with Crippen molar-refractivity contribution < 1.29 is 14.3 Å². The van der Waals surface area contributed by atoms with E-state index in [1.165, 1.54) is 16.7 Å². The number of allylic oxidation sites excluding steroid dienone is 1. The molecule has 4 aliphatic heterocycles. The van der Waals surface area contributed by atoms with E-state index in [2.05, 4.69) is 41.1 Å². The van der Waals surface area contributed by atoms with E-state index < -0.39 is 0 Å². The lowest BCUT2D eigenvalue weighted by molar-refractivity contribution is -0.113. The van der Waals surface area contributed by atoms with Gasteiger partial charge in [0.05, 0.1) is 17.1 Å². The molecule has 4 aliphatic rings. The Bertz CT molecular complexity index is 849. The van der Waals surface area contributed by atoms with Gasteiger partial charge in [-0.05, 0) is 61.4 Å². The molecule has 5 rings (SSSR count). The van der Waals surface area contributed by atoms with Crippen LogP contribution in [-0.4, -0.2) is 42.3 Å². The molecule has 0 aromatic heterocycles. The van der Waals surface area contributed by atoms with Crippen molar-refractivity contribution in [1.29, 1.82) is 0 Å². The topological polar surface area (TPSA) is 51.1 Å². The zero-order valence-corrected chi connectivity index (χ0v) is 17.1. The summed E-state index contributed by atoms with van der Waals surface area (Å²) in [6, 6.07) is 8.57. The summed E-state index contributed by atoms with van der Waals surface area (Å²) in [7, 11) is 0. The first-order chi connectivity index (χ1) is 13.7. The zero-order chi connectivity index (χ0) is 19.1. The standard InChI is InChI=1S/C22H26N2O3S/c1-15(16-6-12-26-13-7-16)19-20(25)23-21(28-19)24-10-8-22(9-11-24)18-5-3-2-4-17(18)14-27-22/h2-5,16H,6-14H2,1H3. The first-order valence-electron chi connectivity index (χ1n) is 10.2. The molecule has 28 heavy (non-hydrogen) atoms. The molecule has 6 heteroatoms. The van der Waals surface area contributed by atoms with Gasteiger partial charge in [-0.15, -0.1) is 0 Å². The highest BCUT2D eigenvalue weighted by atomic mass is 32.2. The van der Waals surface area contributed by atoms with Gasteiger partial charge in [-0.1, -0.05) is 29.8 Å². The van der Waals surface area contributed by atoms with Crippen LogP contribution in [0.15, 0.2) is 39.7 Å². The van der Waals surface area contributed by atoms with Crippen LogP contribution in [0.1, 0.15) is 43.7 Å². The second-order valence-corrected chi connectivity index (χ2v) is 9.11. The van der Waals surface area contributed by atoms with Gasteiger partial charge in [0.15, 0.2) is 5.17 Å². The van der Waals surface area contributed by atoms with Crippen LogP contribution in [-0.2, 0) is 26.5 Å². The molecular formula is C22H26N2O3S. The highest BCUT2D eigenvalue weighted by Gasteiger charge is 2.43. The Balaban J connectivity index is 1.28. The average Bonchev–Trinajstić information content (AvgIpc) is 3.30. The van der Waals surface area contributed by atoms with Crippen LogP contribution in [0.4, 0.5) is 0 Å². The van der Waals surface area contributed by atoms with Crippen LogP contribution < -0.4 is 0 Å². The van der Waals surface area contributed by atoms with Crippen molar-refractivity contribution in [3.05, 3.63) is 45.9 Å². The van der Waals surface area contributed by atoms with Gasteiger partial charge in [0.25, 0.3) is 5.91 Å². The summed E-state index contributed by atoms with van der Waals surface area (Å²) in [5, 5.41) is 0.868. The third-order valence-electron chi connectivity index (χ3n) is 6.63. The number of amidine groups is 1. The van der Waals surface area contributed by atoms with Gasteiger partial charge < -0.3 is 14.4 Å². The largest absolute Gasteiger partial charge is 0.381 e. The highest BCUT2D eigenvalue weighted by Crippen LogP contribution is 2.45. The van der Waals surface area contributed by atoms with E-state index >= 15 is 0 Å². The zero-order valence-electron chi connectivity index (χ0n) is 16.3. The lowest BCUT2D eigenvalue weighted by Crippen LogP contribution is -2.44. The molecule has 2 fully saturated rings. The molecule has 4 heterocycles. The van der Waals surface area contributed by atoms with Gasteiger partial charge in [-0.2, -0.15) is 4.99 Å². The summed E-state index contributed by atoms with van der Waals surface area (Å²) in [5.41, 5.74) is 3.70. The lowest BCUT2D eigenvalue weighted by atomic mass is 9.84. The number of aliphatic imine (C=N–C) groups is 1. The van der Waals surface area contributed by atoms with E-state index in [-0.39, 0.29) is 11.5 Å². The molecule has 1 spiro atoms. The quantitative estimate of drug-likeness (QED) is 0.673. The van der Waals surface area contributed by atoms with Crippen molar-refractivity contribution in [3.63, 3.8) is 0 Å². The molecule has 1 amide bonds. The molecular weight excluding hydrogens is 372 g/mol. The third kappa shape index (κ3) is 3.11. The monoisotopic (exact) mass is 398 g/mol. The van der Waals surface area contributed by atoms with Crippen LogP contribution in [0.3, 0.4) is 0 Å². The van der Waals surface area contributed by atoms with Crippen LogP contribution in [0, 0.1) is 5.92 Å². The number of carbonyl (C=O) groups excluding carboxylic acids is 1. The summed E-state index contributed by atoms with van der Waals surface area (Å²) < 4.78 is 11.7. The van der Waals surface area contributed by atoms with Crippen LogP contribution in [0.2, 0.25) is 0 Å². The van der Waals surface area contributed by atoms with E-state index in [0.717, 1.165) is 62.1 Å². The molecule has 0 aliphatic carbocycles.